The van der Waals surface area contributed by atoms with E-state index < -0.39 is 22.0 Å². The first-order valence-corrected chi connectivity index (χ1v) is 12.3. The lowest BCUT2D eigenvalue weighted by Crippen LogP contribution is -2.51. The van der Waals surface area contributed by atoms with Crippen LogP contribution in [0.1, 0.15) is 18.4 Å². The fourth-order valence-corrected chi connectivity index (χ4v) is 4.74. The normalized spacial score (nSPS) is 16.6. The Morgan fingerprint density at radius 2 is 1.58 bits per heavy atom. The molecule has 0 saturated carbocycles. The molecular formula is C24H23ClN2O5S. The van der Waals surface area contributed by atoms with Crippen molar-refractivity contribution in [2.75, 3.05) is 6.54 Å². The van der Waals surface area contributed by atoms with Crippen LogP contribution in [0.2, 0.25) is 5.02 Å². The van der Waals surface area contributed by atoms with Crippen molar-refractivity contribution in [1.82, 2.24) is 9.79 Å². The second kappa shape index (κ2) is 10.4. The molecule has 0 aromatic heterocycles. The Kier molecular flexibility index (Phi) is 7.29. The van der Waals surface area contributed by atoms with Gasteiger partial charge in [-0.1, -0.05) is 41.9 Å². The minimum Gasteiger partial charge on any atom is -0.457 e. The van der Waals surface area contributed by atoms with Gasteiger partial charge in [0.15, 0.2) is 0 Å². The predicted molar refractivity (Wildman–Crippen MR) is 124 cm³/mol. The van der Waals surface area contributed by atoms with E-state index in [2.05, 4.69) is 4.72 Å². The van der Waals surface area contributed by atoms with Crippen molar-refractivity contribution >= 4 is 27.5 Å². The lowest BCUT2D eigenvalue weighted by atomic mass is 10.1. The first-order chi connectivity index (χ1) is 15.9. The van der Waals surface area contributed by atoms with Gasteiger partial charge in [-0.05, 0) is 66.9 Å². The van der Waals surface area contributed by atoms with E-state index in [4.69, 9.17) is 21.2 Å². The molecule has 0 spiro atoms. The van der Waals surface area contributed by atoms with Crippen molar-refractivity contribution in [3.63, 3.8) is 0 Å². The molecule has 1 aliphatic heterocycles. The van der Waals surface area contributed by atoms with Crippen LogP contribution < -0.4 is 9.46 Å². The maximum atomic E-state index is 12.9. The van der Waals surface area contributed by atoms with E-state index in [1.807, 2.05) is 30.3 Å². The lowest BCUT2D eigenvalue weighted by molar-refractivity contribution is -0.198. The Labute approximate surface area is 197 Å². The number of halogens is 1. The van der Waals surface area contributed by atoms with Crippen molar-refractivity contribution in [2.45, 2.75) is 30.4 Å². The third-order valence-corrected chi connectivity index (χ3v) is 6.85. The number of hydrogen-bond acceptors (Lipinski definition) is 5. The van der Waals surface area contributed by atoms with Crippen LogP contribution in [-0.4, -0.2) is 32.0 Å². The summed E-state index contributed by atoms with van der Waals surface area (Å²) in [7, 11) is -3.90. The minimum atomic E-state index is -3.90. The highest BCUT2D eigenvalue weighted by atomic mass is 35.5. The molecule has 0 radical (unpaired) electrons. The van der Waals surface area contributed by atoms with Crippen LogP contribution in [0.3, 0.4) is 0 Å². The number of hydroxylamine groups is 2. The van der Waals surface area contributed by atoms with Gasteiger partial charge in [-0.2, -0.15) is 4.72 Å². The molecule has 3 aromatic rings. The highest BCUT2D eigenvalue weighted by Crippen LogP contribution is 2.25. The van der Waals surface area contributed by atoms with Gasteiger partial charge in [0, 0.05) is 11.6 Å². The van der Waals surface area contributed by atoms with Gasteiger partial charge in [0.05, 0.1) is 4.90 Å². The summed E-state index contributed by atoms with van der Waals surface area (Å²) in [6, 6.07) is 21.4. The van der Waals surface area contributed by atoms with Gasteiger partial charge in [-0.15, -0.1) is 0 Å². The molecule has 1 atom stereocenters. The number of rotatable bonds is 8. The van der Waals surface area contributed by atoms with Crippen molar-refractivity contribution in [3.8, 4) is 11.5 Å². The van der Waals surface area contributed by atoms with Gasteiger partial charge in [0.2, 0.25) is 10.0 Å². The van der Waals surface area contributed by atoms with Crippen molar-refractivity contribution in [2.24, 2.45) is 0 Å². The zero-order valence-corrected chi connectivity index (χ0v) is 19.3. The van der Waals surface area contributed by atoms with E-state index in [-0.39, 0.29) is 11.5 Å². The zero-order chi connectivity index (χ0) is 23.3. The standard InChI is InChI=1S/C24H23ClN2O5S/c25-19-8-10-20(11-9-19)32-21-12-14-22(15-13-21)33(29,30)26-23-7-4-16-27(24(23)28)31-17-18-5-2-1-3-6-18/h1-3,5-6,8-15,23,26H,4,7,16-17H2. The Bertz CT molecular complexity index is 1190. The van der Waals surface area contributed by atoms with Crippen molar-refractivity contribution in [3.05, 3.63) is 89.4 Å². The van der Waals surface area contributed by atoms with Crippen LogP contribution in [0.15, 0.2) is 83.8 Å². The van der Waals surface area contributed by atoms with Crippen LogP contribution in [0, 0.1) is 0 Å². The van der Waals surface area contributed by atoms with E-state index in [9.17, 15) is 13.2 Å². The fraction of sp³-hybridized carbons (Fsp3) is 0.208. The maximum Gasteiger partial charge on any atom is 0.264 e. The van der Waals surface area contributed by atoms with Gasteiger partial charge in [-0.25, -0.2) is 13.5 Å². The molecule has 172 valence electrons. The number of nitrogens with zero attached hydrogens (tertiary/aromatic N) is 1. The summed E-state index contributed by atoms with van der Waals surface area (Å²) in [4.78, 5) is 18.5. The Morgan fingerprint density at radius 1 is 0.939 bits per heavy atom. The van der Waals surface area contributed by atoms with Crippen molar-refractivity contribution in [1.29, 1.82) is 0 Å². The van der Waals surface area contributed by atoms with Crippen LogP contribution in [0.25, 0.3) is 0 Å². The molecular weight excluding hydrogens is 464 g/mol. The Hall–Kier alpha value is -2.91. The number of hydrogen-bond donors (Lipinski definition) is 1. The summed E-state index contributed by atoms with van der Waals surface area (Å²) in [6.07, 6.45) is 1.03. The second-order valence-electron chi connectivity index (χ2n) is 7.54. The lowest BCUT2D eigenvalue weighted by Gasteiger charge is -2.31. The molecule has 1 heterocycles. The molecule has 1 amide bonds. The smallest absolute Gasteiger partial charge is 0.264 e. The number of benzene rings is 3. The molecule has 33 heavy (non-hydrogen) atoms. The Morgan fingerprint density at radius 3 is 2.24 bits per heavy atom. The molecule has 9 heteroatoms. The molecule has 7 nitrogen and oxygen atoms in total. The molecule has 1 fully saturated rings. The summed E-state index contributed by atoms with van der Waals surface area (Å²) >= 11 is 5.87. The van der Waals surface area contributed by atoms with Gasteiger partial charge in [0.25, 0.3) is 5.91 Å². The number of carbonyl (C=O) groups is 1. The van der Waals surface area contributed by atoms with E-state index >= 15 is 0 Å². The molecule has 3 aromatic carbocycles. The predicted octanol–water partition coefficient (Wildman–Crippen LogP) is 4.53. The minimum absolute atomic E-state index is 0.0427. The van der Waals surface area contributed by atoms with Gasteiger partial charge >= 0.3 is 0 Å². The maximum absolute atomic E-state index is 12.9. The molecule has 0 aliphatic carbocycles. The van der Waals surface area contributed by atoms with E-state index in [0.717, 1.165) is 5.56 Å². The zero-order valence-electron chi connectivity index (χ0n) is 17.7. The highest BCUT2D eigenvalue weighted by molar-refractivity contribution is 7.89. The average Bonchev–Trinajstić information content (AvgIpc) is 2.82. The number of sulfonamides is 1. The summed E-state index contributed by atoms with van der Waals surface area (Å²) in [5, 5.41) is 1.84. The molecule has 0 bridgehead atoms. The summed E-state index contributed by atoms with van der Waals surface area (Å²) < 4.78 is 33.9. The number of piperidine rings is 1. The van der Waals surface area contributed by atoms with Crippen LogP contribution in [0.5, 0.6) is 11.5 Å². The first-order valence-electron chi connectivity index (χ1n) is 10.4. The topological polar surface area (TPSA) is 84.9 Å². The Balaban J connectivity index is 1.37. The summed E-state index contributed by atoms with van der Waals surface area (Å²) in [5.74, 6) is 0.658. The van der Waals surface area contributed by atoms with Crippen molar-refractivity contribution < 1.29 is 22.8 Å². The SMILES string of the molecule is O=C1C(NS(=O)(=O)c2ccc(Oc3ccc(Cl)cc3)cc2)CCCN1OCc1ccccc1. The largest absolute Gasteiger partial charge is 0.457 e. The van der Waals surface area contributed by atoms with Gasteiger partial charge in [0.1, 0.15) is 24.1 Å². The molecule has 1 unspecified atom stereocenters. The molecule has 1 aliphatic rings. The molecule has 4 rings (SSSR count). The monoisotopic (exact) mass is 486 g/mol. The van der Waals surface area contributed by atoms with Gasteiger partial charge < -0.3 is 4.74 Å². The van der Waals surface area contributed by atoms with Crippen LogP contribution in [0.4, 0.5) is 0 Å². The summed E-state index contributed by atoms with van der Waals surface area (Å²) in [5.41, 5.74) is 0.925. The van der Waals surface area contributed by atoms with Crippen LogP contribution in [-0.2, 0) is 26.3 Å². The fourth-order valence-electron chi connectivity index (χ4n) is 3.39. The number of amides is 1. The first kappa shape index (κ1) is 23.3. The number of nitrogens with one attached hydrogen (secondary N) is 1. The summed E-state index contributed by atoms with van der Waals surface area (Å²) in [6.45, 7) is 0.655. The van der Waals surface area contributed by atoms with E-state index in [0.29, 0.717) is 35.9 Å². The molecule has 1 saturated heterocycles. The van der Waals surface area contributed by atoms with E-state index in [1.165, 1.54) is 17.2 Å². The third kappa shape index (κ3) is 6.11. The average molecular weight is 487 g/mol. The second-order valence-corrected chi connectivity index (χ2v) is 9.69. The van der Waals surface area contributed by atoms with E-state index in [1.54, 1.807) is 36.4 Å². The number of ether oxygens (including phenoxy) is 1. The highest BCUT2D eigenvalue weighted by Gasteiger charge is 2.33. The number of carbonyl (C=O) groups excluding carboxylic acids is 1. The molecule has 1 N–H and O–H groups in total. The third-order valence-electron chi connectivity index (χ3n) is 5.11. The van der Waals surface area contributed by atoms with Gasteiger partial charge in [-0.3, -0.25) is 9.63 Å². The quantitative estimate of drug-likeness (QED) is 0.505. The van der Waals surface area contributed by atoms with Crippen LogP contribution >= 0.6 is 11.6 Å².